The third-order valence-corrected chi connectivity index (χ3v) is 5.43. The largest absolute Gasteiger partial charge is 0.485 e. The summed E-state index contributed by atoms with van der Waals surface area (Å²) in [5.74, 6) is 1.69. The van der Waals surface area contributed by atoms with Crippen molar-refractivity contribution in [3.63, 3.8) is 0 Å². The maximum atomic E-state index is 11.2. The first-order chi connectivity index (χ1) is 14.2. The van der Waals surface area contributed by atoms with Crippen LogP contribution in [0.2, 0.25) is 0 Å². The Morgan fingerprint density at radius 2 is 2.07 bits per heavy atom. The Morgan fingerprint density at radius 3 is 2.86 bits per heavy atom. The predicted octanol–water partition coefficient (Wildman–Crippen LogP) is 3.97. The number of carbonyl (C=O) groups is 1. The summed E-state index contributed by atoms with van der Waals surface area (Å²) in [6.45, 7) is 4.70. The fraction of sp³-hybridized carbons (Fsp3) is 0.190. The maximum Gasteiger partial charge on any atom is 0.335 e. The smallest absolute Gasteiger partial charge is 0.335 e. The zero-order chi connectivity index (χ0) is 20.2. The summed E-state index contributed by atoms with van der Waals surface area (Å²) in [4.78, 5) is 11.2. The molecule has 8 heteroatoms. The number of thioether (sulfide) groups is 1. The molecule has 0 radical (unpaired) electrons. The minimum absolute atomic E-state index is 0.266. The first kappa shape index (κ1) is 19.1. The van der Waals surface area contributed by atoms with Crippen molar-refractivity contribution in [3.05, 3.63) is 78.1 Å². The molecule has 0 saturated heterocycles. The molecular weight excluding hydrogens is 390 g/mol. The van der Waals surface area contributed by atoms with Gasteiger partial charge in [0.15, 0.2) is 28.6 Å². The minimum atomic E-state index is -0.941. The third kappa shape index (κ3) is 4.12. The second kappa shape index (κ2) is 8.40. The summed E-state index contributed by atoms with van der Waals surface area (Å²) in [5, 5.41) is 18.5. The normalized spacial score (nSPS) is 15.1. The molecule has 7 nitrogen and oxygen atoms in total. The fourth-order valence-electron chi connectivity index (χ4n) is 3.03. The number of para-hydroxylation sites is 2. The van der Waals surface area contributed by atoms with Gasteiger partial charge in [0.25, 0.3) is 0 Å². The van der Waals surface area contributed by atoms with Gasteiger partial charge in [0.1, 0.15) is 6.61 Å². The summed E-state index contributed by atoms with van der Waals surface area (Å²) in [7, 11) is 0. The van der Waals surface area contributed by atoms with E-state index >= 15 is 0 Å². The molecule has 0 spiro atoms. The van der Waals surface area contributed by atoms with Crippen LogP contribution >= 0.6 is 11.8 Å². The van der Waals surface area contributed by atoms with Gasteiger partial charge < -0.3 is 14.6 Å². The van der Waals surface area contributed by atoms with E-state index in [0.29, 0.717) is 41.4 Å². The van der Waals surface area contributed by atoms with Crippen LogP contribution in [0.1, 0.15) is 27.8 Å². The van der Waals surface area contributed by atoms with Crippen LogP contribution in [0.3, 0.4) is 0 Å². The Morgan fingerprint density at radius 1 is 1.24 bits per heavy atom. The Balaban J connectivity index is 1.53. The molecule has 148 valence electrons. The number of rotatable bonds is 7. The van der Waals surface area contributed by atoms with Crippen LogP contribution in [0.4, 0.5) is 0 Å². The first-order valence-corrected chi connectivity index (χ1v) is 10.0. The summed E-state index contributed by atoms with van der Waals surface area (Å²) in [6, 6.07) is 14.4. The lowest BCUT2D eigenvalue weighted by atomic mass is 10.1. The molecule has 2 heterocycles. The van der Waals surface area contributed by atoms with E-state index in [1.807, 2.05) is 34.9 Å². The summed E-state index contributed by atoms with van der Waals surface area (Å²) in [5.41, 5.74) is 1.17. The van der Waals surface area contributed by atoms with Crippen molar-refractivity contribution in [2.24, 2.45) is 0 Å². The van der Waals surface area contributed by atoms with Gasteiger partial charge in [0, 0.05) is 12.3 Å². The topological polar surface area (TPSA) is 86.5 Å². The average Bonchev–Trinajstić information content (AvgIpc) is 3.15. The number of fused-ring (bicyclic) bond motifs is 1. The van der Waals surface area contributed by atoms with Gasteiger partial charge in [-0.3, -0.25) is 4.57 Å². The molecular formula is C21H19N3O4S. The summed E-state index contributed by atoms with van der Waals surface area (Å²) in [6.07, 6.45) is 1.40. The zero-order valence-corrected chi connectivity index (χ0v) is 16.3. The van der Waals surface area contributed by atoms with Gasteiger partial charge in [-0.2, -0.15) is 0 Å². The maximum absolute atomic E-state index is 11.2. The highest BCUT2D eigenvalue weighted by Crippen LogP contribution is 2.36. The molecule has 0 saturated carbocycles. The molecule has 1 atom stereocenters. The highest BCUT2D eigenvalue weighted by molar-refractivity contribution is 7.98. The van der Waals surface area contributed by atoms with Crippen molar-refractivity contribution in [2.75, 3.05) is 6.61 Å². The van der Waals surface area contributed by atoms with Crippen molar-refractivity contribution in [1.82, 2.24) is 14.8 Å². The number of benzene rings is 2. The third-order valence-electron chi connectivity index (χ3n) is 4.40. The highest BCUT2D eigenvalue weighted by atomic mass is 32.2. The number of hydrogen-bond donors (Lipinski definition) is 1. The minimum Gasteiger partial charge on any atom is -0.485 e. The molecule has 1 aromatic heterocycles. The Bertz CT molecular complexity index is 1050. The molecule has 2 aromatic carbocycles. The van der Waals surface area contributed by atoms with Crippen LogP contribution in [0, 0.1) is 0 Å². The molecule has 0 bridgehead atoms. The molecule has 0 aliphatic carbocycles. The lowest BCUT2D eigenvalue weighted by molar-refractivity contribution is 0.0696. The van der Waals surface area contributed by atoms with Crippen LogP contribution in [0.5, 0.6) is 11.5 Å². The molecule has 0 fully saturated rings. The molecule has 29 heavy (non-hydrogen) atoms. The van der Waals surface area contributed by atoms with Gasteiger partial charge in [-0.25, -0.2) is 4.79 Å². The summed E-state index contributed by atoms with van der Waals surface area (Å²) >= 11 is 1.48. The van der Waals surface area contributed by atoms with Crippen LogP contribution in [0.15, 0.2) is 66.3 Å². The van der Waals surface area contributed by atoms with E-state index in [1.165, 1.54) is 11.8 Å². The molecule has 1 aliphatic rings. The van der Waals surface area contributed by atoms with Crippen molar-refractivity contribution in [3.8, 4) is 11.5 Å². The van der Waals surface area contributed by atoms with E-state index in [9.17, 15) is 4.79 Å². The SMILES string of the molecule is C=CCn1c(SCc2cccc(C(=O)O)c2)nnc1[C@@H]1COc2ccccc2O1. The standard InChI is InChI=1S/C21H19N3O4S/c1-2-10-24-19(18-12-27-16-8-3-4-9-17(16)28-18)22-23-21(24)29-13-14-6-5-7-15(11-14)20(25)26/h2-9,11,18H,1,10,12-13H2,(H,25,26)/t18-/m0/s1. The lowest BCUT2D eigenvalue weighted by Gasteiger charge is -2.26. The van der Waals surface area contributed by atoms with E-state index in [-0.39, 0.29) is 11.7 Å². The summed E-state index contributed by atoms with van der Waals surface area (Å²) < 4.78 is 13.8. The highest BCUT2D eigenvalue weighted by Gasteiger charge is 2.28. The second-order valence-electron chi connectivity index (χ2n) is 6.40. The molecule has 0 unspecified atom stereocenters. The van der Waals surface area contributed by atoms with Crippen molar-refractivity contribution >= 4 is 17.7 Å². The average molecular weight is 409 g/mol. The number of nitrogens with zero attached hydrogens (tertiary/aromatic N) is 3. The van der Waals surface area contributed by atoms with E-state index in [2.05, 4.69) is 16.8 Å². The predicted molar refractivity (Wildman–Crippen MR) is 108 cm³/mol. The second-order valence-corrected chi connectivity index (χ2v) is 7.34. The number of carboxylic acids is 1. The molecule has 0 amide bonds. The number of ether oxygens (including phenoxy) is 2. The van der Waals surface area contributed by atoms with Gasteiger partial charge in [0.05, 0.1) is 5.56 Å². The lowest BCUT2D eigenvalue weighted by Crippen LogP contribution is -2.25. The Kier molecular flexibility index (Phi) is 5.53. The van der Waals surface area contributed by atoms with Crippen molar-refractivity contribution < 1.29 is 19.4 Å². The number of hydrogen-bond acceptors (Lipinski definition) is 6. The van der Waals surface area contributed by atoms with E-state index < -0.39 is 5.97 Å². The monoisotopic (exact) mass is 409 g/mol. The van der Waals surface area contributed by atoms with Gasteiger partial charge in [-0.05, 0) is 29.8 Å². The van der Waals surface area contributed by atoms with Crippen LogP contribution in [-0.2, 0) is 12.3 Å². The molecule has 3 aromatic rings. The van der Waals surface area contributed by atoms with Crippen LogP contribution in [-0.4, -0.2) is 32.4 Å². The van der Waals surface area contributed by atoms with Crippen LogP contribution < -0.4 is 9.47 Å². The first-order valence-electron chi connectivity index (χ1n) is 9.03. The number of carboxylic acid groups (broad SMARTS) is 1. The van der Waals surface area contributed by atoms with Gasteiger partial charge >= 0.3 is 5.97 Å². The zero-order valence-electron chi connectivity index (χ0n) is 15.5. The van der Waals surface area contributed by atoms with Gasteiger partial charge in [-0.15, -0.1) is 16.8 Å². The van der Waals surface area contributed by atoms with Gasteiger partial charge in [0.2, 0.25) is 0 Å². The number of aromatic carboxylic acids is 1. The van der Waals surface area contributed by atoms with E-state index in [1.54, 1.807) is 24.3 Å². The Hall–Kier alpha value is -3.26. The van der Waals surface area contributed by atoms with E-state index in [4.69, 9.17) is 14.6 Å². The van der Waals surface area contributed by atoms with Crippen molar-refractivity contribution in [2.45, 2.75) is 23.6 Å². The molecule has 1 N–H and O–H groups in total. The Labute approximate surface area is 172 Å². The van der Waals surface area contributed by atoms with Gasteiger partial charge in [-0.1, -0.05) is 42.1 Å². The quantitative estimate of drug-likeness (QED) is 0.467. The molecule has 1 aliphatic heterocycles. The number of allylic oxidation sites excluding steroid dienone is 1. The van der Waals surface area contributed by atoms with Crippen molar-refractivity contribution in [1.29, 1.82) is 0 Å². The van der Waals surface area contributed by atoms with E-state index in [0.717, 1.165) is 5.56 Å². The fourth-order valence-corrected chi connectivity index (χ4v) is 3.93. The number of aromatic nitrogens is 3. The van der Waals surface area contributed by atoms with Crippen LogP contribution in [0.25, 0.3) is 0 Å². The molecule has 4 rings (SSSR count).